The van der Waals surface area contributed by atoms with Gasteiger partial charge in [-0.25, -0.2) is 15.0 Å². The normalized spacial score (nSPS) is 19.6. The van der Waals surface area contributed by atoms with Crippen LogP contribution in [0.3, 0.4) is 0 Å². The first-order valence-electron chi connectivity index (χ1n) is 9.68. The van der Waals surface area contributed by atoms with E-state index in [1.807, 2.05) is 12.3 Å². The van der Waals surface area contributed by atoms with E-state index in [9.17, 15) is 0 Å². The molecule has 1 aliphatic carbocycles. The highest BCUT2D eigenvalue weighted by Gasteiger charge is 2.26. The van der Waals surface area contributed by atoms with Crippen LogP contribution >= 0.6 is 23.2 Å². The van der Waals surface area contributed by atoms with Crippen molar-refractivity contribution in [2.24, 2.45) is 5.92 Å². The van der Waals surface area contributed by atoms with Gasteiger partial charge < -0.3 is 4.57 Å². The SMILES string of the molecule is Clc1cc2ccc(CCC3CCC(n4ccc5cncnc54)C3)cc2nc1Cl. The molecule has 1 aliphatic rings. The van der Waals surface area contributed by atoms with Gasteiger partial charge in [-0.15, -0.1) is 0 Å². The molecule has 0 spiro atoms. The lowest BCUT2D eigenvalue weighted by Crippen LogP contribution is -2.05. The second-order valence-corrected chi connectivity index (χ2v) is 8.45. The number of aryl methyl sites for hydroxylation is 1. The van der Waals surface area contributed by atoms with Crippen molar-refractivity contribution < 1.29 is 0 Å². The van der Waals surface area contributed by atoms with Gasteiger partial charge >= 0.3 is 0 Å². The van der Waals surface area contributed by atoms with E-state index >= 15 is 0 Å². The van der Waals surface area contributed by atoms with Crippen molar-refractivity contribution in [2.45, 2.75) is 38.1 Å². The highest BCUT2D eigenvalue weighted by molar-refractivity contribution is 6.41. The Morgan fingerprint density at radius 1 is 1.07 bits per heavy atom. The first kappa shape index (κ1) is 17.9. The quantitative estimate of drug-likeness (QED) is 0.372. The standard InChI is InChI=1S/C22H20Cl2N4/c23-19-11-16-5-3-15(10-20(16)27-21(19)24)2-1-14-4-6-18(9-14)28-8-7-17-12-25-13-26-22(17)28/h3,5,7-8,10-14,18H,1-2,4,6,9H2. The zero-order valence-electron chi connectivity index (χ0n) is 15.4. The summed E-state index contributed by atoms with van der Waals surface area (Å²) in [6, 6.07) is 10.9. The van der Waals surface area contributed by atoms with Crippen LogP contribution in [0, 0.1) is 5.92 Å². The molecule has 6 heteroatoms. The maximum absolute atomic E-state index is 6.07. The Labute approximate surface area is 173 Å². The van der Waals surface area contributed by atoms with E-state index in [2.05, 4.69) is 50.0 Å². The molecular formula is C22H20Cl2N4. The first-order chi connectivity index (χ1) is 13.7. The molecule has 0 bridgehead atoms. The molecular weight excluding hydrogens is 391 g/mol. The molecule has 28 heavy (non-hydrogen) atoms. The minimum Gasteiger partial charge on any atom is -0.329 e. The molecule has 0 saturated heterocycles. The summed E-state index contributed by atoms with van der Waals surface area (Å²) in [6.07, 6.45) is 11.6. The summed E-state index contributed by atoms with van der Waals surface area (Å²) in [6.45, 7) is 0. The third kappa shape index (κ3) is 3.36. The van der Waals surface area contributed by atoms with E-state index in [-0.39, 0.29) is 0 Å². The summed E-state index contributed by atoms with van der Waals surface area (Å²) in [4.78, 5) is 13.0. The Balaban J connectivity index is 1.26. The van der Waals surface area contributed by atoms with Crippen LogP contribution in [-0.2, 0) is 6.42 Å². The fourth-order valence-corrected chi connectivity index (χ4v) is 4.75. The number of pyridine rings is 1. The summed E-state index contributed by atoms with van der Waals surface area (Å²) in [7, 11) is 0. The zero-order valence-corrected chi connectivity index (χ0v) is 16.9. The molecule has 0 amide bonds. The van der Waals surface area contributed by atoms with Crippen LogP contribution in [-0.4, -0.2) is 19.5 Å². The van der Waals surface area contributed by atoms with Gasteiger partial charge in [-0.3, -0.25) is 0 Å². The van der Waals surface area contributed by atoms with Crippen LogP contribution in [0.2, 0.25) is 10.2 Å². The molecule has 2 unspecified atom stereocenters. The minimum absolute atomic E-state index is 0.368. The molecule has 4 aromatic rings. The average Bonchev–Trinajstić information content (AvgIpc) is 3.34. The summed E-state index contributed by atoms with van der Waals surface area (Å²) < 4.78 is 2.34. The predicted molar refractivity (Wildman–Crippen MR) is 114 cm³/mol. The van der Waals surface area contributed by atoms with Crippen molar-refractivity contribution in [3.05, 3.63) is 64.8 Å². The van der Waals surface area contributed by atoms with Gasteiger partial charge in [0, 0.05) is 29.2 Å². The largest absolute Gasteiger partial charge is 0.329 e. The molecule has 0 aliphatic heterocycles. The lowest BCUT2D eigenvalue weighted by atomic mass is 9.97. The Hall–Kier alpha value is -2.17. The first-order valence-corrected chi connectivity index (χ1v) is 10.4. The molecule has 1 fully saturated rings. The van der Waals surface area contributed by atoms with E-state index in [4.69, 9.17) is 23.2 Å². The second kappa shape index (κ2) is 7.34. The van der Waals surface area contributed by atoms with Crippen molar-refractivity contribution in [1.29, 1.82) is 0 Å². The monoisotopic (exact) mass is 410 g/mol. The number of halogens is 2. The maximum atomic E-state index is 6.07. The third-order valence-electron chi connectivity index (χ3n) is 5.92. The van der Waals surface area contributed by atoms with Crippen LogP contribution < -0.4 is 0 Å². The fraction of sp³-hybridized carbons (Fsp3) is 0.318. The van der Waals surface area contributed by atoms with Gasteiger partial charge in [0.25, 0.3) is 0 Å². The molecule has 2 atom stereocenters. The van der Waals surface area contributed by atoms with Gasteiger partial charge in [0.1, 0.15) is 17.1 Å². The summed E-state index contributed by atoms with van der Waals surface area (Å²) >= 11 is 12.1. The van der Waals surface area contributed by atoms with Crippen molar-refractivity contribution >= 4 is 45.1 Å². The number of fused-ring (bicyclic) bond motifs is 2. The third-order valence-corrected chi connectivity index (χ3v) is 6.59. The van der Waals surface area contributed by atoms with E-state index in [1.165, 1.54) is 31.2 Å². The van der Waals surface area contributed by atoms with E-state index in [0.29, 0.717) is 16.2 Å². The molecule has 3 heterocycles. The highest BCUT2D eigenvalue weighted by atomic mass is 35.5. The maximum Gasteiger partial charge on any atom is 0.148 e. The highest BCUT2D eigenvalue weighted by Crippen LogP contribution is 2.38. The van der Waals surface area contributed by atoms with Gasteiger partial charge in [-0.2, -0.15) is 0 Å². The molecule has 0 radical (unpaired) electrons. The van der Waals surface area contributed by atoms with E-state index < -0.39 is 0 Å². The van der Waals surface area contributed by atoms with Crippen LogP contribution in [0.5, 0.6) is 0 Å². The van der Waals surface area contributed by atoms with Crippen LogP contribution in [0.15, 0.2) is 49.1 Å². The summed E-state index contributed by atoms with van der Waals surface area (Å²) in [5, 5.41) is 3.02. The molecule has 3 aromatic heterocycles. The van der Waals surface area contributed by atoms with E-state index in [1.54, 1.807) is 6.33 Å². The lowest BCUT2D eigenvalue weighted by molar-refractivity contribution is 0.461. The Morgan fingerprint density at radius 2 is 2.00 bits per heavy atom. The molecule has 5 rings (SSSR count). The number of aromatic nitrogens is 4. The van der Waals surface area contributed by atoms with Crippen LogP contribution in [0.4, 0.5) is 0 Å². The van der Waals surface area contributed by atoms with Gasteiger partial charge in [-0.1, -0.05) is 35.3 Å². The zero-order chi connectivity index (χ0) is 19.1. The number of hydrogen-bond acceptors (Lipinski definition) is 3. The lowest BCUT2D eigenvalue weighted by Gasteiger charge is -2.14. The van der Waals surface area contributed by atoms with Crippen molar-refractivity contribution in [3.63, 3.8) is 0 Å². The van der Waals surface area contributed by atoms with Gasteiger partial charge in [0.05, 0.1) is 10.5 Å². The van der Waals surface area contributed by atoms with Gasteiger partial charge in [-0.05, 0) is 61.8 Å². The Kier molecular flexibility index (Phi) is 4.69. The average molecular weight is 411 g/mol. The number of nitrogens with zero attached hydrogens (tertiary/aromatic N) is 4. The number of rotatable bonds is 4. The van der Waals surface area contributed by atoms with Crippen molar-refractivity contribution in [2.75, 3.05) is 0 Å². The predicted octanol–water partition coefficient (Wildman–Crippen LogP) is 6.26. The summed E-state index contributed by atoms with van der Waals surface area (Å²) in [5.74, 6) is 0.738. The van der Waals surface area contributed by atoms with Gasteiger partial charge in [0.15, 0.2) is 0 Å². The van der Waals surface area contributed by atoms with Gasteiger partial charge in [0.2, 0.25) is 0 Å². The number of hydrogen-bond donors (Lipinski definition) is 0. The Bertz CT molecular complexity index is 1150. The van der Waals surface area contributed by atoms with Crippen molar-refractivity contribution in [1.82, 2.24) is 19.5 Å². The van der Waals surface area contributed by atoms with Crippen molar-refractivity contribution in [3.8, 4) is 0 Å². The smallest absolute Gasteiger partial charge is 0.148 e. The molecule has 0 N–H and O–H groups in total. The molecule has 1 saturated carbocycles. The minimum atomic E-state index is 0.368. The van der Waals surface area contributed by atoms with E-state index in [0.717, 1.165) is 34.3 Å². The molecule has 142 valence electrons. The van der Waals surface area contributed by atoms with Crippen LogP contribution in [0.25, 0.3) is 21.9 Å². The number of benzene rings is 1. The fourth-order valence-electron chi connectivity index (χ4n) is 4.45. The Morgan fingerprint density at radius 3 is 2.93 bits per heavy atom. The second-order valence-electron chi connectivity index (χ2n) is 7.68. The molecule has 4 nitrogen and oxygen atoms in total. The summed E-state index contributed by atoms with van der Waals surface area (Å²) in [5.41, 5.74) is 3.27. The topological polar surface area (TPSA) is 43.6 Å². The van der Waals surface area contributed by atoms with Crippen LogP contribution in [0.1, 0.15) is 37.3 Å². The molecule has 1 aromatic carbocycles.